The van der Waals surface area contributed by atoms with E-state index in [1.54, 1.807) is 29.2 Å². The Morgan fingerprint density at radius 3 is 2.14 bits per heavy atom. The molecule has 0 saturated carbocycles. The number of piperidine rings is 1. The number of carboxylic acid groups (broad SMARTS) is 1. The first-order chi connectivity index (χ1) is 10.0. The Morgan fingerprint density at radius 2 is 1.67 bits per heavy atom. The van der Waals surface area contributed by atoms with E-state index in [0.29, 0.717) is 18.7 Å². The van der Waals surface area contributed by atoms with Crippen LogP contribution in [0.3, 0.4) is 0 Å². The van der Waals surface area contributed by atoms with Gasteiger partial charge in [0.15, 0.2) is 5.41 Å². The fourth-order valence-corrected chi connectivity index (χ4v) is 3.21. The smallest absolute Gasteiger partial charge is 0.324 e. The van der Waals surface area contributed by atoms with Gasteiger partial charge in [-0.25, -0.2) is 0 Å². The van der Waals surface area contributed by atoms with Gasteiger partial charge in [0.1, 0.15) is 0 Å². The molecule has 0 spiro atoms. The number of likely N-dealkylation sites (tertiary alicyclic amines) is 1. The van der Waals surface area contributed by atoms with Crippen LogP contribution in [0.25, 0.3) is 0 Å². The topological polar surface area (TPSA) is 57.6 Å². The van der Waals surface area contributed by atoms with Crippen molar-refractivity contribution in [2.24, 2.45) is 5.92 Å². The first-order valence-corrected chi connectivity index (χ1v) is 7.59. The number of carbonyl (C=O) groups is 2. The quantitative estimate of drug-likeness (QED) is 0.867. The molecule has 1 aliphatic heterocycles. The molecule has 1 aromatic rings. The van der Waals surface area contributed by atoms with Crippen LogP contribution < -0.4 is 0 Å². The number of rotatable bonds is 4. The normalized spacial score (nSPS) is 18.3. The van der Waals surface area contributed by atoms with Gasteiger partial charge in [-0.3, -0.25) is 9.59 Å². The maximum Gasteiger partial charge on any atom is 0.324 e. The average molecular weight is 289 g/mol. The number of hydrogen-bond acceptors (Lipinski definition) is 2. The van der Waals surface area contributed by atoms with Gasteiger partial charge in [0.2, 0.25) is 5.91 Å². The largest absolute Gasteiger partial charge is 0.480 e. The van der Waals surface area contributed by atoms with Gasteiger partial charge < -0.3 is 10.0 Å². The van der Waals surface area contributed by atoms with Crippen LogP contribution in [-0.4, -0.2) is 35.0 Å². The molecule has 0 bridgehead atoms. The first-order valence-electron chi connectivity index (χ1n) is 7.59. The van der Waals surface area contributed by atoms with Crippen LogP contribution in [0.15, 0.2) is 30.3 Å². The van der Waals surface area contributed by atoms with Crippen LogP contribution in [0.1, 0.15) is 38.7 Å². The average Bonchev–Trinajstić information content (AvgIpc) is 2.49. The minimum atomic E-state index is -1.49. The van der Waals surface area contributed by atoms with Gasteiger partial charge >= 0.3 is 5.97 Å². The fraction of sp³-hybridized carbons (Fsp3) is 0.529. The van der Waals surface area contributed by atoms with Gasteiger partial charge in [-0.05, 0) is 30.7 Å². The molecule has 1 atom stereocenters. The summed E-state index contributed by atoms with van der Waals surface area (Å²) in [4.78, 5) is 26.9. The molecule has 1 fully saturated rings. The number of carboxylic acids is 1. The van der Waals surface area contributed by atoms with E-state index >= 15 is 0 Å². The highest BCUT2D eigenvalue weighted by molar-refractivity contribution is 6.08. The van der Waals surface area contributed by atoms with E-state index in [0.717, 1.165) is 19.3 Å². The third-order valence-electron chi connectivity index (χ3n) is 4.41. The summed E-state index contributed by atoms with van der Waals surface area (Å²) in [6, 6.07) is 8.91. The second-order valence-corrected chi connectivity index (χ2v) is 5.99. The summed E-state index contributed by atoms with van der Waals surface area (Å²) in [7, 11) is 0. The monoisotopic (exact) mass is 289 g/mol. The zero-order valence-corrected chi connectivity index (χ0v) is 12.7. The highest BCUT2D eigenvalue weighted by atomic mass is 16.4. The molecule has 2 rings (SSSR count). The van der Waals surface area contributed by atoms with Crippen molar-refractivity contribution in [3.05, 3.63) is 35.9 Å². The molecule has 0 aromatic heterocycles. The lowest BCUT2D eigenvalue weighted by Gasteiger charge is -2.38. The maximum atomic E-state index is 13.0. The summed E-state index contributed by atoms with van der Waals surface area (Å²) < 4.78 is 0. The SMILES string of the molecule is CC(C)C(C(=O)O)(C(=O)N1CCCCC1)c1ccccc1. The Labute approximate surface area is 125 Å². The molecular weight excluding hydrogens is 266 g/mol. The van der Waals surface area contributed by atoms with Crippen LogP contribution >= 0.6 is 0 Å². The van der Waals surface area contributed by atoms with Crippen molar-refractivity contribution in [2.75, 3.05) is 13.1 Å². The van der Waals surface area contributed by atoms with Crippen molar-refractivity contribution in [1.29, 1.82) is 0 Å². The Hall–Kier alpha value is -1.84. The molecule has 1 amide bonds. The van der Waals surface area contributed by atoms with Gasteiger partial charge in [0, 0.05) is 13.1 Å². The van der Waals surface area contributed by atoms with Gasteiger partial charge in [-0.2, -0.15) is 0 Å². The Balaban J connectivity index is 2.49. The standard InChI is InChI=1S/C17H23NO3/c1-13(2)17(16(20)21,14-9-5-3-6-10-14)15(19)18-11-7-4-8-12-18/h3,5-6,9-10,13H,4,7-8,11-12H2,1-2H3,(H,20,21). The Kier molecular flexibility index (Phi) is 4.66. The van der Waals surface area contributed by atoms with Gasteiger partial charge in [0.05, 0.1) is 0 Å². The number of hydrogen-bond donors (Lipinski definition) is 1. The molecule has 1 N–H and O–H groups in total. The first kappa shape index (κ1) is 15.5. The number of benzene rings is 1. The van der Waals surface area contributed by atoms with E-state index in [4.69, 9.17) is 0 Å². The van der Waals surface area contributed by atoms with Crippen LogP contribution in [-0.2, 0) is 15.0 Å². The lowest BCUT2D eigenvalue weighted by molar-refractivity contribution is -0.157. The van der Waals surface area contributed by atoms with Crippen molar-refractivity contribution >= 4 is 11.9 Å². The number of nitrogens with zero attached hydrogens (tertiary/aromatic N) is 1. The molecular formula is C17H23NO3. The van der Waals surface area contributed by atoms with E-state index in [9.17, 15) is 14.7 Å². The molecule has 21 heavy (non-hydrogen) atoms. The second kappa shape index (κ2) is 6.29. The highest BCUT2D eigenvalue weighted by Crippen LogP contribution is 2.35. The zero-order chi connectivity index (χ0) is 15.5. The maximum absolute atomic E-state index is 13.0. The van der Waals surface area contributed by atoms with Crippen LogP contribution in [0.2, 0.25) is 0 Å². The van der Waals surface area contributed by atoms with Gasteiger partial charge in [0.25, 0.3) is 0 Å². The summed E-state index contributed by atoms with van der Waals surface area (Å²) in [6.07, 6.45) is 3.01. The lowest BCUT2D eigenvalue weighted by Crippen LogP contribution is -2.56. The third-order valence-corrected chi connectivity index (χ3v) is 4.41. The molecule has 1 aromatic carbocycles. The van der Waals surface area contributed by atoms with E-state index < -0.39 is 11.4 Å². The summed E-state index contributed by atoms with van der Waals surface area (Å²) >= 11 is 0. The van der Waals surface area contributed by atoms with Gasteiger partial charge in [-0.1, -0.05) is 44.2 Å². The number of aliphatic carboxylic acids is 1. The number of amides is 1. The molecule has 4 heteroatoms. The summed E-state index contributed by atoms with van der Waals surface area (Å²) in [5.74, 6) is -1.64. The molecule has 1 aliphatic rings. The summed E-state index contributed by atoms with van der Waals surface area (Å²) in [5.41, 5.74) is -0.915. The van der Waals surface area contributed by atoms with E-state index in [1.165, 1.54) is 0 Å². The predicted molar refractivity (Wildman–Crippen MR) is 81.0 cm³/mol. The van der Waals surface area contributed by atoms with Crippen molar-refractivity contribution in [3.8, 4) is 0 Å². The Bertz CT molecular complexity index is 506. The summed E-state index contributed by atoms with van der Waals surface area (Å²) in [5, 5.41) is 9.90. The third kappa shape index (κ3) is 2.67. The van der Waals surface area contributed by atoms with E-state index in [2.05, 4.69) is 0 Å². The van der Waals surface area contributed by atoms with E-state index in [1.807, 2.05) is 19.9 Å². The van der Waals surface area contributed by atoms with E-state index in [-0.39, 0.29) is 11.8 Å². The van der Waals surface area contributed by atoms with Crippen LogP contribution in [0, 0.1) is 5.92 Å². The Morgan fingerprint density at radius 1 is 1.10 bits per heavy atom. The van der Waals surface area contributed by atoms with Crippen molar-refractivity contribution in [3.63, 3.8) is 0 Å². The second-order valence-electron chi connectivity index (χ2n) is 5.99. The zero-order valence-electron chi connectivity index (χ0n) is 12.7. The van der Waals surface area contributed by atoms with Crippen LogP contribution in [0.4, 0.5) is 0 Å². The summed E-state index contributed by atoms with van der Waals surface area (Å²) in [6.45, 7) is 4.94. The molecule has 1 saturated heterocycles. The van der Waals surface area contributed by atoms with Gasteiger partial charge in [-0.15, -0.1) is 0 Å². The van der Waals surface area contributed by atoms with Crippen LogP contribution in [0.5, 0.6) is 0 Å². The molecule has 4 nitrogen and oxygen atoms in total. The molecule has 114 valence electrons. The molecule has 0 radical (unpaired) electrons. The molecule has 1 heterocycles. The highest BCUT2D eigenvalue weighted by Gasteiger charge is 2.52. The minimum Gasteiger partial charge on any atom is -0.480 e. The van der Waals surface area contributed by atoms with Crippen molar-refractivity contribution in [2.45, 2.75) is 38.5 Å². The lowest BCUT2D eigenvalue weighted by atomic mass is 9.70. The molecule has 0 aliphatic carbocycles. The number of carbonyl (C=O) groups excluding carboxylic acids is 1. The molecule has 1 unspecified atom stereocenters. The fourth-order valence-electron chi connectivity index (χ4n) is 3.21. The minimum absolute atomic E-state index is 0.268. The predicted octanol–water partition coefficient (Wildman–Crippen LogP) is 2.68. The van der Waals surface area contributed by atoms with Crippen molar-refractivity contribution in [1.82, 2.24) is 4.90 Å². The van der Waals surface area contributed by atoms with Crippen molar-refractivity contribution < 1.29 is 14.7 Å².